The first-order valence-electron chi connectivity index (χ1n) is 10.5. The van der Waals surface area contributed by atoms with Crippen LogP contribution in [0, 0.1) is 46.6 Å². The largest absolute Gasteiger partial charge is 0.383 e. The zero-order chi connectivity index (χ0) is 25.1. The zero-order valence-electron chi connectivity index (χ0n) is 18.9. The normalized spacial score (nSPS) is 10.7. The van der Waals surface area contributed by atoms with Gasteiger partial charge in [-0.15, -0.1) is 0 Å². The van der Waals surface area contributed by atoms with Gasteiger partial charge in [0.05, 0.1) is 33.5 Å². The fourth-order valence-electron chi connectivity index (χ4n) is 4.00. The highest BCUT2D eigenvalue weighted by molar-refractivity contribution is 6.02. The molecule has 0 aliphatic carbocycles. The Morgan fingerprint density at radius 3 is 2.34 bits per heavy atom. The van der Waals surface area contributed by atoms with Crippen LogP contribution in [0.4, 0.5) is 23.1 Å². The Labute approximate surface area is 200 Å². The van der Waals surface area contributed by atoms with Crippen molar-refractivity contribution in [1.82, 2.24) is 9.97 Å². The first-order valence-corrected chi connectivity index (χ1v) is 10.5. The monoisotopic (exact) mass is 461 g/mol. The summed E-state index contributed by atoms with van der Waals surface area (Å²) in [5, 5.41) is 33.0. The lowest BCUT2D eigenvalue weighted by Crippen LogP contribution is -2.04. The van der Waals surface area contributed by atoms with Crippen LogP contribution in [0.2, 0.25) is 0 Å². The van der Waals surface area contributed by atoms with Crippen LogP contribution in [-0.4, -0.2) is 14.9 Å². The molecule has 0 spiro atoms. The molecule has 3 N–H and O–H groups in total. The zero-order valence-corrected chi connectivity index (χ0v) is 18.9. The molecule has 4 aromatic rings. The van der Waals surface area contributed by atoms with Gasteiger partial charge in [-0.25, -0.2) is 4.98 Å². The number of fused-ring (bicyclic) bond motifs is 1. The number of nitrogens with two attached hydrogens (primary N) is 1. The standard InChI is InChI=1S/C26H19N7O2/c1-15-10-18(4-3-9-27)11-16(2)23(15)21-12-20(33(34)35)13-22-24(21)31-26(32-25(22)29)30-19-7-5-17(14-28)6-8-19/h3-8,10-13H,1-2H3,(H3,29,30,31,32)/b4-3+. The van der Waals surface area contributed by atoms with Crippen molar-refractivity contribution in [2.75, 3.05) is 11.1 Å². The van der Waals surface area contributed by atoms with E-state index < -0.39 is 4.92 Å². The molecule has 0 aliphatic heterocycles. The van der Waals surface area contributed by atoms with E-state index in [1.807, 2.05) is 32.0 Å². The number of nitrogens with zero attached hydrogens (tertiary/aromatic N) is 5. The minimum Gasteiger partial charge on any atom is -0.383 e. The Morgan fingerprint density at radius 2 is 1.74 bits per heavy atom. The van der Waals surface area contributed by atoms with Gasteiger partial charge >= 0.3 is 0 Å². The Balaban J connectivity index is 1.93. The SMILES string of the molecule is Cc1cc(/C=C/C#N)cc(C)c1-c1cc([N+](=O)[O-])cc2c(N)nc(Nc3ccc(C#N)cc3)nc12. The van der Waals surface area contributed by atoms with Crippen molar-refractivity contribution in [2.45, 2.75) is 13.8 Å². The lowest BCUT2D eigenvalue weighted by Gasteiger charge is -2.15. The van der Waals surface area contributed by atoms with Gasteiger partial charge in [-0.2, -0.15) is 15.5 Å². The second-order valence-electron chi connectivity index (χ2n) is 7.89. The van der Waals surface area contributed by atoms with Crippen molar-refractivity contribution < 1.29 is 4.92 Å². The summed E-state index contributed by atoms with van der Waals surface area (Å²) in [5.74, 6) is 0.318. The molecular formula is C26H19N7O2. The van der Waals surface area contributed by atoms with E-state index in [9.17, 15) is 10.1 Å². The molecule has 1 aromatic heterocycles. The summed E-state index contributed by atoms with van der Waals surface area (Å²) < 4.78 is 0. The number of hydrogen-bond acceptors (Lipinski definition) is 8. The molecule has 9 heteroatoms. The minimum atomic E-state index is -0.472. The van der Waals surface area contributed by atoms with E-state index in [0.717, 1.165) is 22.3 Å². The van der Waals surface area contributed by atoms with Crippen LogP contribution in [0.15, 0.2) is 54.6 Å². The van der Waals surface area contributed by atoms with Gasteiger partial charge in [0.25, 0.3) is 5.69 Å². The second-order valence-corrected chi connectivity index (χ2v) is 7.89. The van der Waals surface area contributed by atoms with Crippen molar-refractivity contribution in [1.29, 1.82) is 10.5 Å². The highest BCUT2D eigenvalue weighted by Crippen LogP contribution is 2.38. The molecule has 35 heavy (non-hydrogen) atoms. The summed E-state index contributed by atoms with van der Waals surface area (Å²) >= 11 is 0. The Morgan fingerprint density at radius 1 is 1.06 bits per heavy atom. The van der Waals surface area contributed by atoms with Gasteiger partial charge in [-0.3, -0.25) is 10.1 Å². The predicted molar refractivity (Wildman–Crippen MR) is 135 cm³/mol. The lowest BCUT2D eigenvalue weighted by molar-refractivity contribution is -0.384. The van der Waals surface area contributed by atoms with E-state index in [1.54, 1.807) is 30.3 Å². The van der Waals surface area contributed by atoms with Gasteiger partial charge < -0.3 is 11.1 Å². The molecule has 0 fully saturated rings. The van der Waals surface area contributed by atoms with Crippen molar-refractivity contribution >= 4 is 40.1 Å². The second kappa shape index (κ2) is 9.30. The lowest BCUT2D eigenvalue weighted by atomic mass is 9.91. The molecule has 0 saturated carbocycles. The molecule has 3 aromatic carbocycles. The van der Waals surface area contributed by atoms with Crippen molar-refractivity contribution in [3.05, 3.63) is 87.0 Å². The summed E-state index contributed by atoms with van der Waals surface area (Å²) in [4.78, 5) is 20.2. The van der Waals surface area contributed by atoms with Gasteiger partial charge in [0.1, 0.15) is 5.82 Å². The van der Waals surface area contributed by atoms with Crippen LogP contribution < -0.4 is 11.1 Å². The summed E-state index contributed by atoms with van der Waals surface area (Å²) in [6, 6.07) is 17.5. The third-order valence-electron chi connectivity index (χ3n) is 5.47. The molecule has 0 amide bonds. The van der Waals surface area contributed by atoms with Crippen LogP contribution in [0.5, 0.6) is 0 Å². The fraction of sp³-hybridized carbons (Fsp3) is 0.0769. The maximum atomic E-state index is 11.7. The van der Waals surface area contributed by atoms with Gasteiger partial charge in [0.2, 0.25) is 5.95 Å². The van der Waals surface area contributed by atoms with Crippen LogP contribution in [0.25, 0.3) is 28.1 Å². The third-order valence-corrected chi connectivity index (χ3v) is 5.47. The topological polar surface area (TPSA) is 155 Å². The maximum Gasteiger partial charge on any atom is 0.270 e. The van der Waals surface area contributed by atoms with Crippen LogP contribution >= 0.6 is 0 Å². The first kappa shape index (κ1) is 22.9. The summed E-state index contributed by atoms with van der Waals surface area (Å²) in [5.41, 5.74) is 11.7. The molecule has 4 rings (SSSR count). The molecule has 0 radical (unpaired) electrons. The number of nitro groups is 1. The average molecular weight is 461 g/mol. The van der Waals surface area contributed by atoms with E-state index in [2.05, 4.69) is 21.4 Å². The maximum absolute atomic E-state index is 11.7. The molecule has 0 aliphatic rings. The highest BCUT2D eigenvalue weighted by Gasteiger charge is 2.20. The number of nitro benzene ring substituents is 1. The summed E-state index contributed by atoms with van der Waals surface area (Å²) in [6.45, 7) is 3.80. The van der Waals surface area contributed by atoms with Gasteiger partial charge in [0, 0.05) is 29.5 Å². The van der Waals surface area contributed by atoms with E-state index in [-0.39, 0.29) is 17.5 Å². The molecule has 170 valence electrons. The van der Waals surface area contributed by atoms with Crippen LogP contribution in [-0.2, 0) is 0 Å². The molecule has 0 atom stereocenters. The minimum absolute atomic E-state index is 0.0972. The third kappa shape index (κ3) is 4.61. The molecule has 0 saturated heterocycles. The number of nitrogens with one attached hydrogen (secondary N) is 1. The smallest absolute Gasteiger partial charge is 0.270 e. The van der Waals surface area contributed by atoms with E-state index in [4.69, 9.17) is 16.3 Å². The van der Waals surface area contributed by atoms with Gasteiger partial charge in [-0.1, -0.05) is 12.1 Å². The number of nitrogen functional groups attached to an aromatic ring is 1. The first-order chi connectivity index (χ1) is 16.8. The number of aromatic nitrogens is 2. The van der Waals surface area contributed by atoms with Crippen LogP contribution in [0.3, 0.4) is 0 Å². The molecule has 0 unspecified atom stereocenters. The number of benzene rings is 3. The van der Waals surface area contributed by atoms with E-state index >= 15 is 0 Å². The summed E-state index contributed by atoms with van der Waals surface area (Å²) in [6.07, 6.45) is 3.10. The number of non-ortho nitro benzene ring substituents is 1. The van der Waals surface area contributed by atoms with Crippen molar-refractivity contribution in [3.8, 4) is 23.3 Å². The van der Waals surface area contributed by atoms with Gasteiger partial charge in [-0.05, 0) is 66.4 Å². The highest BCUT2D eigenvalue weighted by atomic mass is 16.6. The van der Waals surface area contributed by atoms with E-state index in [1.165, 1.54) is 18.2 Å². The van der Waals surface area contributed by atoms with Crippen molar-refractivity contribution in [2.24, 2.45) is 0 Å². The molecule has 1 heterocycles. The number of allylic oxidation sites excluding steroid dienone is 1. The molecule has 9 nitrogen and oxygen atoms in total. The Hall–Kier alpha value is -5.28. The summed E-state index contributed by atoms with van der Waals surface area (Å²) in [7, 11) is 0. The predicted octanol–water partition coefficient (Wildman–Crippen LogP) is 5.56. The number of anilines is 3. The number of rotatable bonds is 5. The Kier molecular flexibility index (Phi) is 6.08. The van der Waals surface area contributed by atoms with Crippen LogP contribution in [0.1, 0.15) is 22.3 Å². The van der Waals surface area contributed by atoms with Crippen molar-refractivity contribution in [3.63, 3.8) is 0 Å². The molecular weight excluding hydrogens is 442 g/mol. The number of nitriles is 2. The van der Waals surface area contributed by atoms with Gasteiger partial charge in [0.15, 0.2) is 0 Å². The average Bonchev–Trinajstić information content (AvgIpc) is 2.83. The van der Waals surface area contributed by atoms with E-state index in [0.29, 0.717) is 27.7 Å². The Bertz CT molecular complexity index is 1570. The fourth-order valence-corrected chi connectivity index (χ4v) is 4.00. The molecule has 0 bridgehead atoms. The quantitative estimate of drug-likeness (QED) is 0.222. The number of aryl methyl sites for hydroxylation is 2. The number of hydrogen-bond donors (Lipinski definition) is 2.